The number of benzene rings is 2. The standard InChI is InChI=1S/C13H11ClN4O2/c1-19-11-5-2-7(6-8(11)14)16-10-4-3-9(15)12-13(10)18-20-17-12/h2-6,16H,15H2,1H3. The lowest BCUT2D eigenvalue weighted by molar-refractivity contribution is 0.316. The van der Waals surface area contributed by atoms with Gasteiger partial charge in [0, 0.05) is 5.69 Å². The lowest BCUT2D eigenvalue weighted by Crippen LogP contribution is -1.94. The van der Waals surface area contributed by atoms with E-state index < -0.39 is 0 Å². The summed E-state index contributed by atoms with van der Waals surface area (Å²) in [5.41, 5.74) is 8.93. The molecule has 1 aromatic heterocycles. The fraction of sp³-hybridized carbons (Fsp3) is 0.0769. The van der Waals surface area contributed by atoms with Crippen LogP contribution in [0.2, 0.25) is 5.02 Å². The third-order valence-corrected chi connectivity index (χ3v) is 3.17. The molecule has 0 saturated carbocycles. The SMILES string of the molecule is COc1ccc(Nc2ccc(N)c3nonc23)cc1Cl. The topological polar surface area (TPSA) is 86.2 Å². The van der Waals surface area contributed by atoms with Gasteiger partial charge in [0.05, 0.1) is 23.5 Å². The van der Waals surface area contributed by atoms with Crippen LogP contribution in [-0.2, 0) is 0 Å². The Balaban J connectivity index is 1.99. The van der Waals surface area contributed by atoms with Crippen molar-refractivity contribution < 1.29 is 9.37 Å². The second kappa shape index (κ2) is 4.90. The van der Waals surface area contributed by atoms with Crippen LogP contribution in [0.3, 0.4) is 0 Å². The van der Waals surface area contributed by atoms with Crippen LogP contribution >= 0.6 is 11.6 Å². The van der Waals surface area contributed by atoms with Gasteiger partial charge in [0.15, 0.2) is 11.0 Å². The number of methoxy groups -OCH3 is 1. The Labute approximate surface area is 119 Å². The van der Waals surface area contributed by atoms with Crippen molar-refractivity contribution in [2.75, 3.05) is 18.2 Å². The van der Waals surface area contributed by atoms with Gasteiger partial charge < -0.3 is 15.8 Å². The maximum Gasteiger partial charge on any atom is 0.160 e. The molecule has 0 spiro atoms. The number of halogens is 1. The van der Waals surface area contributed by atoms with Gasteiger partial charge in [-0.1, -0.05) is 11.6 Å². The van der Waals surface area contributed by atoms with Crippen molar-refractivity contribution in [3.8, 4) is 5.75 Å². The molecule has 0 aliphatic rings. The first-order valence-corrected chi connectivity index (χ1v) is 6.18. The Kier molecular flexibility index (Phi) is 3.08. The summed E-state index contributed by atoms with van der Waals surface area (Å²) in [6.07, 6.45) is 0. The van der Waals surface area contributed by atoms with Crippen LogP contribution in [0.5, 0.6) is 5.75 Å². The van der Waals surface area contributed by atoms with Gasteiger partial charge in [-0.15, -0.1) is 0 Å². The first-order chi connectivity index (χ1) is 9.69. The largest absolute Gasteiger partial charge is 0.495 e. The maximum absolute atomic E-state index is 6.09. The summed E-state index contributed by atoms with van der Waals surface area (Å²) < 4.78 is 9.83. The molecule has 2 aromatic carbocycles. The number of nitrogen functional groups attached to an aromatic ring is 1. The van der Waals surface area contributed by atoms with E-state index in [4.69, 9.17) is 26.7 Å². The van der Waals surface area contributed by atoms with Gasteiger partial charge in [-0.2, -0.15) is 0 Å². The zero-order valence-corrected chi connectivity index (χ0v) is 11.3. The molecule has 0 bridgehead atoms. The van der Waals surface area contributed by atoms with Crippen LogP contribution in [0, 0.1) is 0 Å². The highest BCUT2D eigenvalue weighted by molar-refractivity contribution is 6.32. The van der Waals surface area contributed by atoms with Crippen LogP contribution in [0.4, 0.5) is 17.1 Å². The minimum Gasteiger partial charge on any atom is -0.495 e. The molecular formula is C13H11ClN4O2. The van der Waals surface area contributed by atoms with Gasteiger partial charge >= 0.3 is 0 Å². The molecule has 7 heteroatoms. The molecule has 6 nitrogen and oxygen atoms in total. The van der Waals surface area contributed by atoms with Crippen LogP contribution in [0.1, 0.15) is 0 Å². The molecule has 0 aliphatic heterocycles. The number of anilines is 3. The van der Waals surface area contributed by atoms with E-state index in [2.05, 4.69) is 15.6 Å². The number of fused-ring (bicyclic) bond motifs is 1. The second-order valence-corrected chi connectivity index (χ2v) is 4.55. The molecule has 0 radical (unpaired) electrons. The van der Waals surface area contributed by atoms with Crippen molar-refractivity contribution in [2.45, 2.75) is 0 Å². The zero-order valence-electron chi connectivity index (χ0n) is 10.6. The predicted molar refractivity (Wildman–Crippen MR) is 77.5 cm³/mol. The molecular weight excluding hydrogens is 280 g/mol. The lowest BCUT2D eigenvalue weighted by atomic mass is 10.2. The monoisotopic (exact) mass is 290 g/mol. The Hall–Kier alpha value is -2.47. The smallest absolute Gasteiger partial charge is 0.160 e. The molecule has 1 heterocycles. The molecule has 0 atom stereocenters. The average molecular weight is 291 g/mol. The van der Waals surface area contributed by atoms with Crippen molar-refractivity contribution in [2.24, 2.45) is 0 Å². The second-order valence-electron chi connectivity index (χ2n) is 4.14. The lowest BCUT2D eigenvalue weighted by Gasteiger charge is -2.09. The summed E-state index contributed by atoms with van der Waals surface area (Å²) in [6.45, 7) is 0. The molecule has 0 aliphatic carbocycles. The average Bonchev–Trinajstić information content (AvgIpc) is 2.93. The van der Waals surface area contributed by atoms with Crippen molar-refractivity contribution in [1.29, 1.82) is 0 Å². The zero-order chi connectivity index (χ0) is 14.1. The van der Waals surface area contributed by atoms with E-state index in [0.717, 1.165) is 11.4 Å². The number of rotatable bonds is 3. The Morgan fingerprint density at radius 1 is 1.20 bits per heavy atom. The summed E-state index contributed by atoms with van der Waals surface area (Å²) in [5.74, 6) is 0.614. The highest BCUT2D eigenvalue weighted by Crippen LogP contribution is 2.31. The minimum atomic E-state index is 0.513. The van der Waals surface area contributed by atoms with Gasteiger partial charge in [0.2, 0.25) is 0 Å². The van der Waals surface area contributed by atoms with Crippen molar-refractivity contribution in [3.05, 3.63) is 35.4 Å². The number of nitrogens with one attached hydrogen (secondary N) is 1. The van der Waals surface area contributed by atoms with Gasteiger partial charge in [0.1, 0.15) is 5.75 Å². The quantitative estimate of drug-likeness (QED) is 0.720. The number of aromatic nitrogens is 2. The molecule has 3 N–H and O–H groups in total. The molecule has 3 rings (SSSR count). The summed E-state index contributed by atoms with van der Waals surface area (Å²) in [7, 11) is 1.57. The highest BCUT2D eigenvalue weighted by atomic mass is 35.5. The summed E-state index contributed by atoms with van der Waals surface area (Å²) in [6, 6.07) is 8.93. The Morgan fingerprint density at radius 2 is 2.00 bits per heavy atom. The minimum absolute atomic E-state index is 0.513. The molecule has 0 amide bonds. The summed E-state index contributed by atoms with van der Waals surface area (Å²) in [5, 5.41) is 11.3. The molecule has 102 valence electrons. The third-order valence-electron chi connectivity index (χ3n) is 2.88. The molecule has 0 fully saturated rings. The van der Waals surface area contributed by atoms with Gasteiger partial charge in [0.25, 0.3) is 0 Å². The van der Waals surface area contributed by atoms with Gasteiger partial charge in [-0.3, -0.25) is 0 Å². The van der Waals surface area contributed by atoms with Crippen molar-refractivity contribution >= 4 is 39.7 Å². The third kappa shape index (κ3) is 2.10. The van der Waals surface area contributed by atoms with Crippen LogP contribution in [0.25, 0.3) is 11.0 Å². The summed E-state index contributed by atoms with van der Waals surface area (Å²) >= 11 is 6.09. The van der Waals surface area contributed by atoms with E-state index in [1.807, 2.05) is 6.07 Å². The van der Waals surface area contributed by atoms with E-state index in [9.17, 15) is 0 Å². The Morgan fingerprint density at radius 3 is 2.75 bits per heavy atom. The Bertz CT molecular complexity index is 772. The van der Waals surface area contributed by atoms with E-state index in [0.29, 0.717) is 27.5 Å². The van der Waals surface area contributed by atoms with E-state index >= 15 is 0 Å². The molecule has 20 heavy (non-hydrogen) atoms. The van der Waals surface area contributed by atoms with Crippen LogP contribution in [0.15, 0.2) is 35.0 Å². The van der Waals surface area contributed by atoms with Gasteiger partial charge in [-0.05, 0) is 40.6 Å². The summed E-state index contributed by atoms with van der Waals surface area (Å²) in [4.78, 5) is 0. The van der Waals surface area contributed by atoms with Crippen molar-refractivity contribution in [1.82, 2.24) is 10.3 Å². The fourth-order valence-corrected chi connectivity index (χ4v) is 2.14. The van der Waals surface area contributed by atoms with E-state index in [1.54, 1.807) is 31.4 Å². The normalized spacial score (nSPS) is 10.7. The molecule has 0 saturated heterocycles. The first-order valence-electron chi connectivity index (χ1n) is 5.80. The number of nitrogens with zero attached hydrogens (tertiary/aromatic N) is 2. The number of hydrogen-bond acceptors (Lipinski definition) is 6. The fourth-order valence-electron chi connectivity index (χ4n) is 1.89. The molecule has 3 aromatic rings. The maximum atomic E-state index is 6.09. The van der Waals surface area contributed by atoms with Crippen molar-refractivity contribution in [3.63, 3.8) is 0 Å². The predicted octanol–water partition coefficient (Wildman–Crippen LogP) is 3.21. The van der Waals surface area contributed by atoms with Crippen LogP contribution in [-0.4, -0.2) is 17.4 Å². The van der Waals surface area contributed by atoms with Crippen LogP contribution < -0.4 is 15.8 Å². The number of hydrogen-bond donors (Lipinski definition) is 2. The molecule has 0 unspecified atom stereocenters. The highest BCUT2D eigenvalue weighted by Gasteiger charge is 2.10. The first kappa shape index (κ1) is 12.6. The number of nitrogens with two attached hydrogens (primary N) is 1. The number of ether oxygens (including phenoxy) is 1. The van der Waals surface area contributed by atoms with E-state index in [1.165, 1.54) is 0 Å². The van der Waals surface area contributed by atoms with E-state index in [-0.39, 0.29) is 0 Å². The van der Waals surface area contributed by atoms with Gasteiger partial charge in [-0.25, -0.2) is 4.63 Å².